The summed E-state index contributed by atoms with van der Waals surface area (Å²) in [5, 5.41) is 124. The standard InChI is InChI=1S/C82H122ClN11O19/c1-6-7-8-9-10-11-12-13-20-87-36-50-55(96)33-49-62(72(50)101)48-28-41(14-17-54(48)95)64-78(106)94-68(82(110)92-66(49)80(108)89-63-44-24-39-23-40(26-44)27-45(63)25-39)70(99)43-16-19-57(51(83)29-43)112-60-31-46-30-59(75(60)113-58-32-47(35-84)71(100)74(103)73(58)102)111-56-18-15-42(22-38(56)4)69(98)67(93-76(104)52(86-5)21-37(2)3)81(109)88-53(34-61(85)97)77(105)90-65(46)79(107)91-64/h15,18,28-31,37-45,47,49,52-54,56-58,62-74,86-87,95-96,98-103H,6-14,16-17,19-27,32-36,84H2,1-5H3,(H2,85,97)(H,88,109)(H,89,108)(H,90,105)(H,91,107)(H,92,110)(H,93,104)(H,94,106)/t38-,39?,40?,41+,42+,43+,44?,45?,47-,49?,52-,53+,54-,56-,57-,58-,62?,63?,64-,65-,66+,67-,68+,69-,70-,71-,72+,73+,74+/m1/s1. The molecule has 31 heteroatoms. The van der Waals surface area contributed by atoms with Crippen molar-refractivity contribution in [2.75, 3.05) is 26.7 Å². The van der Waals surface area contributed by atoms with E-state index in [4.69, 9.17) is 37.3 Å². The number of ether oxygens (including phenoxy) is 3. The molecule has 21 N–H and O–H groups in total. The lowest BCUT2D eigenvalue weighted by atomic mass is 9.54. The number of carbonyl (C=O) groups excluding carboxylic acids is 8. The normalized spacial score (nSPS) is 38.1. The molecule has 5 heterocycles. The third kappa shape index (κ3) is 19.4. The Hall–Kier alpha value is -6.97. The Kier molecular flexibility index (Phi) is 28.4. The van der Waals surface area contributed by atoms with E-state index in [9.17, 15) is 50.4 Å². The molecule has 5 aliphatic heterocycles. The van der Waals surface area contributed by atoms with Crippen LogP contribution in [0.5, 0.6) is 17.2 Å². The van der Waals surface area contributed by atoms with Crippen molar-refractivity contribution in [3.8, 4) is 17.2 Å². The molecule has 0 radical (unpaired) electrons. The van der Waals surface area contributed by atoms with E-state index in [1.807, 2.05) is 13.8 Å². The quantitative estimate of drug-likeness (QED) is 0.0548. The minimum atomic E-state index is -2.10. The molecule has 9 aliphatic carbocycles. The number of halogens is 1. The molecule has 14 aliphatic rings. The fourth-order valence-corrected chi connectivity index (χ4v) is 20.7. The highest BCUT2D eigenvalue weighted by Crippen LogP contribution is 2.55. The number of benzene rings is 1. The Morgan fingerprint density at radius 3 is 2.01 bits per heavy atom. The van der Waals surface area contributed by atoms with Crippen LogP contribution in [0.3, 0.4) is 0 Å². The predicted molar refractivity (Wildman–Crippen MR) is 415 cm³/mol. The first kappa shape index (κ1) is 85.4. The smallest absolute Gasteiger partial charge is 0.247 e. The Morgan fingerprint density at radius 2 is 1.35 bits per heavy atom. The van der Waals surface area contributed by atoms with Gasteiger partial charge in [-0.1, -0.05) is 102 Å². The van der Waals surface area contributed by atoms with Crippen LogP contribution in [0.2, 0.25) is 0 Å². The van der Waals surface area contributed by atoms with Gasteiger partial charge < -0.3 is 114 Å². The number of hydrogen-bond donors (Lipinski definition) is 19. The molecule has 30 nitrogen and oxygen atoms in total. The molecule has 626 valence electrons. The summed E-state index contributed by atoms with van der Waals surface area (Å²) in [5.41, 5.74) is 12.2. The Morgan fingerprint density at radius 1 is 0.690 bits per heavy atom. The van der Waals surface area contributed by atoms with Crippen molar-refractivity contribution in [2.45, 2.75) is 278 Å². The Balaban J connectivity index is 1.00. The number of primary amides is 1. The van der Waals surface area contributed by atoms with Crippen LogP contribution < -0.4 is 73.5 Å². The van der Waals surface area contributed by atoms with E-state index in [1.54, 1.807) is 32.2 Å². The number of aliphatic hydroxyl groups excluding tert-OH is 8. The van der Waals surface area contributed by atoms with Crippen LogP contribution >= 0.6 is 11.6 Å². The van der Waals surface area contributed by atoms with E-state index in [0.717, 1.165) is 70.6 Å². The third-order valence-corrected chi connectivity index (χ3v) is 26.8. The molecule has 113 heavy (non-hydrogen) atoms. The number of allylic oxidation sites excluding steroid dienone is 1. The SMILES string of the molecule is CCCCCCCCCCNCC1=C(O)CC2C(C3=C[C@H](CC[C@H]3O)[C@H]3NC(=O)[C@@H]4NC(=O)[C@H](CC(N)=O)NC(=O)[C@H](NC(=O)[C@@H](CC(C)C)NC)[C@H](O)[C@H]5C=C[C@@H](Oc6cc4cc(c6O[C@@H]4C[C@H](CN)[C@@H](O)[C@H](O)[C@H]4O)O[C@@H]4CC[C@@H](C=C4Cl)[C@@H](O)[C@H](NC3=O)C(=O)N[C@@H]2C(=O)NC2C3CC4CC(C3)CC2C4)[C@H](C)C5)[C@H]1O. The molecule has 0 saturated heterocycles. The van der Waals surface area contributed by atoms with Gasteiger partial charge in [-0.3, -0.25) is 38.4 Å². The van der Waals surface area contributed by atoms with Gasteiger partial charge in [-0.25, -0.2) is 0 Å². The van der Waals surface area contributed by atoms with Crippen molar-refractivity contribution in [1.82, 2.24) is 47.9 Å². The van der Waals surface area contributed by atoms with Gasteiger partial charge in [0.15, 0.2) is 11.5 Å². The molecule has 5 fully saturated rings. The van der Waals surface area contributed by atoms with Gasteiger partial charge in [0.25, 0.3) is 0 Å². The van der Waals surface area contributed by atoms with Crippen LogP contribution in [0, 0.1) is 71.0 Å². The van der Waals surface area contributed by atoms with Crippen LogP contribution in [-0.4, -0.2) is 218 Å². The van der Waals surface area contributed by atoms with Gasteiger partial charge in [0.05, 0.1) is 53.8 Å². The monoisotopic (exact) mass is 1600 g/mol. The van der Waals surface area contributed by atoms with Crippen molar-refractivity contribution >= 4 is 58.9 Å². The van der Waals surface area contributed by atoms with Crippen LogP contribution in [-0.2, 0) is 38.4 Å². The summed E-state index contributed by atoms with van der Waals surface area (Å²) in [5.74, 6) is -14.9. The molecule has 8 amide bonds. The van der Waals surface area contributed by atoms with Crippen LogP contribution in [0.1, 0.15) is 181 Å². The number of nitrogens with one attached hydrogen (secondary N) is 9. The molecule has 5 saturated carbocycles. The van der Waals surface area contributed by atoms with Gasteiger partial charge in [0.2, 0.25) is 53.0 Å². The summed E-state index contributed by atoms with van der Waals surface area (Å²) in [6, 6.07) is -9.85. The van der Waals surface area contributed by atoms with Crippen LogP contribution in [0.25, 0.3) is 0 Å². The average molecular weight is 1600 g/mol. The highest BCUT2D eigenvalue weighted by molar-refractivity contribution is 6.30. The largest absolute Gasteiger partial charge is 0.512 e. The van der Waals surface area contributed by atoms with Crippen LogP contribution in [0.15, 0.2) is 58.4 Å². The van der Waals surface area contributed by atoms with E-state index >= 15 is 28.8 Å². The zero-order valence-corrected chi connectivity index (χ0v) is 66.3. The van der Waals surface area contributed by atoms with E-state index in [1.165, 1.54) is 31.1 Å². The molecule has 1 aromatic carbocycles. The summed E-state index contributed by atoms with van der Waals surface area (Å²) in [6.07, 6.45) is 3.13. The molecular formula is C82H122ClN11O19. The van der Waals surface area contributed by atoms with Gasteiger partial charge >= 0.3 is 0 Å². The lowest BCUT2D eigenvalue weighted by Crippen LogP contribution is -2.66. The van der Waals surface area contributed by atoms with Crippen molar-refractivity contribution in [3.05, 3.63) is 63.9 Å². The molecule has 2 unspecified atom stereocenters. The second-order valence-corrected chi connectivity index (χ2v) is 35.3. The number of fused-ring (bicyclic) bond motifs is 12. The molecule has 0 spiro atoms. The zero-order valence-electron chi connectivity index (χ0n) is 65.6. The van der Waals surface area contributed by atoms with Gasteiger partial charge in [0, 0.05) is 60.1 Å². The highest BCUT2D eigenvalue weighted by Gasteiger charge is 2.55. The van der Waals surface area contributed by atoms with E-state index in [0.29, 0.717) is 24.8 Å². The summed E-state index contributed by atoms with van der Waals surface area (Å²) in [6.45, 7) is 8.12. The minimum Gasteiger partial charge on any atom is -0.512 e. The van der Waals surface area contributed by atoms with E-state index in [-0.39, 0.29) is 127 Å². The number of unbranched alkanes of at least 4 members (excludes halogenated alkanes) is 7. The number of likely N-dealkylation sites (N-methyl/N-ethyl adjacent to an activating group) is 1. The van der Waals surface area contributed by atoms with Gasteiger partial charge in [-0.2, -0.15) is 0 Å². The number of amides is 8. The van der Waals surface area contributed by atoms with Crippen molar-refractivity contribution in [3.63, 3.8) is 0 Å². The maximum absolute atomic E-state index is 16.5. The van der Waals surface area contributed by atoms with Gasteiger partial charge in [-0.15, -0.1) is 0 Å². The molecule has 15 bridgehead atoms. The molecular weight excluding hydrogens is 1480 g/mol. The van der Waals surface area contributed by atoms with E-state index in [2.05, 4.69) is 54.8 Å². The topological polar surface area (TPSA) is 486 Å². The second-order valence-electron chi connectivity index (χ2n) is 34.9. The first-order valence-corrected chi connectivity index (χ1v) is 42.0. The Bertz CT molecular complexity index is 3720. The van der Waals surface area contributed by atoms with Crippen LogP contribution in [0.4, 0.5) is 0 Å². The van der Waals surface area contributed by atoms with Gasteiger partial charge in [0.1, 0.15) is 66.8 Å². The number of nitrogens with two attached hydrogens (primary N) is 2. The fraction of sp³-hybridized carbons (Fsp3) is 0.732. The number of carbonyl (C=O) groups is 8. The molecule has 15 rings (SSSR count). The maximum Gasteiger partial charge on any atom is 0.247 e. The summed E-state index contributed by atoms with van der Waals surface area (Å²) < 4.78 is 20.8. The molecule has 1 aromatic rings. The van der Waals surface area contributed by atoms with E-state index < -0.39 is 198 Å². The predicted octanol–water partition coefficient (Wildman–Crippen LogP) is 1.77. The number of aliphatic hydroxyl groups is 8. The highest BCUT2D eigenvalue weighted by atomic mass is 35.5. The molecule has 24 atom stereocenters. The lowest BCUT2D eigenvalue weighted by Gasteiger charge is -2.54. The number of rotatable bonds is 23. The average Bonchev–Trinajstić information content (AvgIpc) is 0.754. The van der Waals surface area contributed by atoms with Gasteiger partial charge in [-0.05, 0) is 168 Å². The minimum absolute atomic E-state index is 0.00389. The number of hydrogen-bond acceptors (Lipinski definition) is 22. The molecule has 0 aromatic heterocycles. The van der Waals surface area contributed by atoms with Crippen molar-refractivity contribution in [1.29, 1.82) is 0 Å². The zero-order chi connectivity index (χ0) is 81.0. The summed E-state index contributed by atoms with van der Waals surface area (Å²) in [4.78, 5) is 123. The third-order valence-electron chi connectivity index (χ3n) is 26.4. The summed E-state index contributed by atoms with van der Waals surface area (Å²) >= 11 is 7.37. The first-order chi connectivity index (χ1) is 54.0. The summed E-state index contributed by atoms with van der Waals surface area (Å²) in [7, 11) is 1.56. The Labute approximate surface area is 665 Å². The second kappa shape index (κ2) is 37.5. The first-order valence-electron chi connectivity index (χ1n) is 41.6. The fourth-order valence-electron chi connectivity index (χ4n) is 20.4. The van der Waals surface area contributed by atoms with Crippen molar-refractivity contribution in [2.24, 2.45) is 82.5 Å². The lowest BCUT2D eigenvalue weighted by molar-refractivity contribution is -0.149. The maximum atomic E-state index is 16.5. The van der Waals surface area contributed by atoms with Crippen molar-refractivity contribution < 1.29 is 93.4 Å².